The third-order valence-electron chi connectivity index (χ3n) is 3.39. The lowest BCUT2D eigenvalue weighted by molar-refractivity contribution is -0.384. The van der Waals surface area contributed by atoms with Crippen molar-refractivity contribution in [2.75, 3.05) is 6.54 Å². The first-order valence-corrected chi connectivity index (χ1v) is 8.55. The minimum Gasteiger partial charge on any atom is -0.481 e. The molecule has 0 aliphatic rings. The molecule has 8 nitrogen and oxygen atoms in total. The summed E-state index contributed by atoms with van der Waals surface area (Å²) in [5.74, 6) is -1.13. The van der Waals surface area contributed by atoms with Gasteiger partial charge in [0.2, 0.25) is 0 Å². The highest BCUT2D eigenvalue weighted by molar-refractivity contribution is 7.13. The van der Waals surface area contributed by atoms with Gasteiger partial charge in [-0.05, 0) is 12.8 Å². The van der Waals surface area contributed by atoms with Gasteiger partial charge >= 0.3 is 5.97 Å². The van der Waals surface area contributed by atoms with Gasteiger partial charge in [-0.2, -0.15) is 0 Å². The summed E-state index contributed by atoms with van der Waals surface area (Å²) in [7, 11) is 0. The van der Waals surface area contributed by atoms with E-state index in [1.165, 1.54) is 23.5 Å². The summed E-state index contributed by atoms with van der Waals surface area (Å²) < 4.78 is 0. The van der Waals surface area contributed by atoms with Gasteiger partial charge in [0.15, 0.2) is 0 Å². The molecule has 0 fully saturated rings. The number of nitro groups is 1. The standard InChI is InChI=1S/C16H17N3O5S/c20-14(21)7-2-1-3-8-17-15(22)13-10-25-16(18-13)11-5-4-6-12(9-11)19(23)24/h4-6,9-10H,1-3,7-8H2,(H,17,22)(H,20,21). The smallest absolute Gasteiger partial charge is 0.303 e. The average molecular weight is 363 g/mol. The van der Waals surface area contributed by atoms with Crippen molar-refractivity contribution in [3.8, 4) is 10.6 Å². The molecule has 0 radical (unpaired) electrons. The van der Waals surface area contributed by atoms with Crippen LogP contribution in [0.15, 0.2) is 29.6 Å². The Morgan fingerprint density at radius 1 is 1.28 bits per heavy atom. The number of carboxylic acid groups (broad SMARTS) is 1. The van der Waals surface area contributed by atoms with Crippen molar-refractivity contribution in [1.82, 2.24) is 10.3 Å². The average Bonchev–Trinajstić information content (AvgIpc) is 3.08. The largest absolute Gasteiger partial charge is 0.481 e. The number of carbonyl (C=O) groups excluding carboxylic acids is 1. The lowest BCUT2D eigenvalue weighted by atomic mass is 10.2. The summed E-state index contributed by atoms with van der Waals surface area (Å²) in [6, 6.07) is 6.10. The molecule has 0 spiro atoms. The van der Waals surface area contributed by atoms with Crippen molar-refractivity contribution in [1.29, 1.82) is 0 Å². The zero-order valence-corrected chi connectivity index (χ0v) is 14.1. The second-order valence-corrected chi connectivity index (χ2v) is 6.16. The molecule has 1 aromatic carbocycles. The maximum absolute atomic E-state index is 12.0. The monoisotopic (exact) mass is 363 g/mol. The van der Waals surface area contributed by atoms with Crippen molar-refractivity contribution in [2.24, 2.45) is 0 Å². The topological polar surface area (TPSA) is 122 Å². The number of benzene rings is 1. The third-order valence-corrected chi connectivity index (χ3v) is 4.29. The van der Waals surface area contributed by atoms with Gasteiger partial charge in [0.1, 0.15) is 10.7 Å². The number of hydrogen-bond donors (Lipinski definition) is 2. The normalized spacial score (nSPS) is 10.4. The summed E-state index contributed by atoms with van der Waals surface area (Å²) in [4.78, 5) is 37.0. The van der Waals surface area contributed by atoms with Gasteiger partial charge in [0.05, 0.1) is 4.92 Å². The van der Waals surface area contributed by atoms with Crippen LogP contribution in [0.25, 0.3) is 10.6 Å². The molecular weight excluding hydrogens is 346 g/mol. The molecule has 0 unspecified atom stereocenters. The fourth-order valence-electron chi connectivity index (χ4n) is 2.13. The molecule has 0 bridgehead atoms. The van der Waals surface area contributed by atoms with Gasteiger partial charge in [0.25, 0.3) is 11.6 Å². The molecule has 1 heterocycles. The van der Waals surface area contributed by atoms with Crippen LogP contribution in [-0.4, -0.2) is 33.4 Å². The highest BCUT2D eigenvalue weighted by Gasteiger charge is 2.13. The number of hydrogen-bond acceptors (Lipinski definition) is 6. The first kappa shape index (κ1) is 18.5. The van der Waals surface area contributed by atoms with Crippen molar-refractivity contribution in [2.45, 2.75) is 25.7 Å². The van der Waals surface area contributed by atoms with Crippen LogP contribution in [0.5, 0.6) is 0 Å². The third kappa shape index (κ3) is 5.64. The molecule has 0 saturated heterocycles. The molecule has 25 heavy (non-hydrogen) atoms. The number of nitro benzene ring substituents is 1. The van der Waals surface area contributed by atoms with E-state index in [0.717, 1.165) is 6.42 Å². The Balaban J connectivity index is 1.88. The van der Waals surface area contributed by atoms with E-state index in [4.69, 9.17) is 5.11 Å². The molecule has 0 aliphatic heterocycles. The summed E-state index contributed by atoms with van der Waals surface area (Å²) in [6.45, 7) is 0.447. The van der Waals surface area contributed by atoms with Crippen LogP contribution in [-0.2, 0) is 4.79 Å². The molecule has 0 saturated carbocycles. The molecule has 9 heteroatoms. The van der Waals surface area contributed by atoms with E-state index in [-0.39, 0.29) is 23.7 Å². The van der Waals surface area contributed by atoms with E-state index in [2.05, 4.69) is 10.3 Å². The number of unbranched alkanes of at least 4 members (excludes halogenated alkanes) is 2. The number of carbonyl (C=O) groups is 2. The predicted molar refractivity (Wildman–Crippen MR) is 92.6 cm³/mol. The highest BCUT2D eigenvalue weighted by Crippen LogP contribution is 2.26. The summed E-state index contributed by atoms with van der Waals surface area (Å²) in [5, 5.41) is 24.2. The fraction of sp³-hybridized carbons (Fsp3) is 0.312. The van der Waals surface area contributed by atoms with Crippen LogP contribution in [0.1, 0.15) is 36.2 Å². The van der Waals surface area contributed by atoms with Gasteiger partial charge < -0.3 is 10.4 Å². The molecule has 132 valence electrons. The van der Waals surface area contributed by atoms with E-state index in [9.17, 15) is 19.7 Å². The van der Waals surface area contributed by atoms with Gasteiger partial charge in [-0.1, -0.05) is 18.6 Å². The van der Waals surface area contributed by atoms with Crippen LogP contribution in [0.4, 0.5) is 5.69 Å². The Morgan fingerprint density at radius 2 is 2.08 bits per heavy atom. The Bertz CT molecular complexity index is 775. The second-order valence-electron chi connectivity index (χ2n) is 5.31. The zero-order valence-electron chi connectivity index (χ0n) is 13.3. The number of rotatable bonds is 9. The van der Waals surface area contributed by atoms with E-state index in [1.807, 2.05) is 0 Å². The number of thiazole rings is 1. The van der Waals surface area contributed by atoms with Crippen LogP contribution < -0.4 is 5.32 Å². The molecule has 0 atom stereocenters. The fourth-order valence-corrected chi connectivity index (χ4v) is 2.93. The maximum atomic E-state index is 12.0. The van der Waals surface area contributed by atoms with Crippen molar-refractivity contribution < 1.29 is 19.6 Å². The number of aliphatic carboxylic acids is 1. The van der Waals surface area contributed by atoms with Gasteiger partial charge in [-0.3, -0.25) is 19.7 Å². The number of non-ortho nitro benzene ring substituents is 1. The van der Waals surface area contributed by atoms with Gasteiger partial charge in [-0.15, -0.1) is 11.3 Å². The Morgan fingerprint density at radius 3 is 2.80 bits per heavy atom. The van der Waals surface area contributed by atoms with Crippen LogP contribution in [0, 0.1) is 10.1 Å². The molecule has 2 aromatic rings. The second kappa shape index (κ2) is 8.88. The number of aromatic nitrogens is 1. The van der Waals surface area contributed by atoms with Crippen molar-refractivity contribution in [3.63, 3.8) is 0 Å². The minimum absolute atomic E-state index is 0.0277. The summed E-state index contributed by atoms with van der Waals surface area (Å²) >= 11 is 1.24. The van der Waals surface area contributed by atoms with Crippen LogP contribution in [0.3, 0.4) is 0 Å². The molecular formula is C16H17N3O5S. The molecule has 1 amide bonds. The minimum atomic E-state index is -0.819. The Kier molecular flexibility index (Phi) is 6.58. The van der Waals surface area contributed by atoms with Gasteiger partial charge in [0, 0.05) is 36.0 Å². The lowest BCUT2D eigenvalue weighted by Crippen LogP contribution is -2.24. The van der Waals surface area contributed by atoms with Gasteiger partial charge in [-0.25, -0.2) is 4.98 Å². The van der Waals surface area contributed by atoms with E-state index in [1.54, 1.807) is 17.5 Å². The number of nitrogens with one attached hydrogen (secondary N) is 1. The predicted octanol–water partition coefficient (Wildman–Crippen LogP) is 3.09. The van der Waals surface area contributed by atoms with E-state index >= 15 is 0 Å². The summed E-state index contributed by atoms with van der Waals surface area (Å²) in [6.07, 6.45) is 2.13. The number of amides is 1. The SMILES string of the molecule is O=C(O)CCCCCNC(=O)c1csc(-c2cccc([N+](=O)[O-])c2)n1. The molecule has 2 rings (SSSR count). The van der Waals surface area contributed by atoms with E-state index in [0.29, 0.717) is 30.0 Å². The Hall–Kier alpha value is -2.81. The molecule has 1 aromatic heterocycles. The van der Waals surface area contributed by atoms with Crippen molar-refractivity contribution in [3.05, 3.63) is 45.5 Å². The zero-order chi connectivity index (χ0) is 18.2. The van der Waals surface area contributed by atoms with Crippen LogP contribution >= 0.6 is 11.3 Å². The van der Waals surface area contributed by atoms with Crippen molar-refractivity contribution >= 4 is 28.9 Å². The first-order chi connectivity index (χ1) is 12.0. The quantitative estimate of drug-likeness (QED) is 0.401. The lowest BCUT2D eigenvalue weighted by Gasteiger charge is -2.02. The molecule has 0 aliphatic carbocycles. The highest BCUT2D eigenvalue weighted by atomic mass is 32.1. The summed E-state index contributed by atoms with van der Waals surface area (Å²) in [5.41, 5.74) is 0.823. The molecule has 2 N–H and O–H groups in total. The number of carboxylic acids is 1. The Labute approximate surface area is 147 Å². The van der Waals surface area contributed by atoms with E-state index < -0.39 is 10.9 Å². The van der Waals surface area contributed by atoms with Crippen LogP contribution in [0.2, 0.25) is 0 Å². The first-order valence-electron chi connectivity index (χ1n) is 7.67. The number of nitrogens with zero attached hydrogens (tertiary/aromatic N) is 2. The maximum Gasteiger partial charge on any atom is 0.303 e.